The molecule has 1 aromatic heterocycles. The number of rotatable bonds is 8. The fourth-order valence-electron chi connectivity index (χ4n) is 2.66. The lowest BCUT2D eigenvalue weighted by Crippen LogP contribution is -2.41. The molecule has 118 valence electrons. The van der Waals surface area contributed by atoms with Gasteiger partial charge in [0, 0.05) is 25.5 Å². The van der Waals surface area contributed by atoms with E-state index < -0.39 is 10.0 Å². The van der Waals surface area contributed by atoms with Crippen LogP contribution in [0.1, 0.15) is 46.0 Å². The number of pyridine rings is 1. The van der Waals surface area contributed by atoms with Crippen molar-refractivity contribution in [2.24, 2.45) is 5.41 Å². The molecule has 21 heavy (non-hydrogen) atoms. The van der Waals surface area contributed by atoms with E-state index in [0.717, 1.165) is 32.2 Å². The van der Waals surface area contributed by atoms with E-state index >= 15 is 0 Å². The number of hydrogen-bond acceptors (Lipinski definition) is 4. The van der Waals surface area contributed by atoms with E-state index in [2.05, 4.69) is 21.9 Å². The molecule has 0 bridgehead atoms. The van der Waals surface area contributed by atoms with Crippen molar-refractivity contribution in [2.75, 3.05) is 18.4 Å². The molecule has 1 aliphatic carbocycles. The van der Waals surface area contributed by atoms with Gasteiger partial charge in [0.2, 0.25) is 10.0 Å². The van der Waals surface area contributed by atoms with Gasteiger partial charge in [-0.15, -0.1) is 0 Å². The molecular formula is C15H25N3O2S. The van der Waals surface area contributed by atoms with E-state index in [1.807, 2.05) is 6.92 Å². The summed E-state index contributed by atoms with van der Waals surface area (Å²) in [6, 6.07) is 1.71. The van der Waals surface area contributed by atoms with Gasteiger partial charge in [-0.3, -0.25) is 4.98 Å². The molecule has 0 amide bonds. The number of anilines is 1. The molecule has 0 unspecified atom stereocenters. The van der Waals surface area contributed by atoms with E-state index in [1.165, 1.54) is 12.6 Å². The van der Waals surface area contributed by atoms with Crippen molar-refractivity contribution in [1.29, 1.82) is 0 Å². The van der Waals surface area contributed by atoms with Gasteiger partial charge >= 0.3 is 0 Å². The minimum Gasteiger partial charge on any atom is -0.384 e. The Bertz CT molecular complexity index is 563. The molecule has 2 rings (SSSR count). The summed E-state index contributed by atoms with van der Waals surface area (Å²) in [6.07, 6.45) is 8.40. The van der Waals surface area contributed by atoms with E-state index in [4.69, 9.17) is 0 Å². The maximum atomic E-state index is 12.5. The summed E-state index contributed by atoms with van der Waals surface area (Å²) >= 11 is 0. The average Bonchev–Trinajstić information content (AvgIpc) is 2.44. The van der Waals surface area contributed by atoms with Crippen LogP contribution in [0, 0.1) is 5.41 Å². The van der Waals surface area contributed by atoms with Crippen LogP contribution in [0.3, 0.4) is 0 Å². The smallest absolute Gasteiger partial charge is 0.244 e. The largest absolute Gasteiger partial charge is 0.384 e. The third-order valence-corrected chi connectivity index (χ3v) is 5.87. The summed E-state index contributed by atoms with van der Waals surface area (Å²) in [5, 5.41) is 3.15. The standard InChI is InChI=1S/C15H25N3O2S/c1-3-9-17-13-6-10-16-11-14(13)21(19,20)18-12-15(4-2)7-5-8-15/h6,10-11,18H,3-5,7-9,12H2,1-2H3,(H,16,17). The molecule has 2 N–H and O–H groups in total. The van der Waals surface area contributed by atoms with E-state index in [-0.39, 0.29) is 10.3 Å². The van der Waals surface area contributed by atoms with Crippen LogP contribution in [0.15, 0.2) is 23.4 Å². The van der Waals surface area contributed by atoms with E-state index in [9.17, 15) is 8.42 Å². The van der Waals surface area contributed by atoms with Gasteiger partial charge in [-0.2, -0.15) is 0 Å². The van der Waals surface area contributed by atoms with Crippen molar-refractivity contribution in [2.45, 2.75) is 50.8 Å². The van der Waals surface area contributed by atoms with Gasteiger partial charge in [0.1, 0.15) is 4.90 Å². The lowest BCUT2D eigenvalue weighted by atomic mass is 9.67. The van der Waals surface area contributed by atoms with Gasteiger partial charge in [-0.1, -0.05) is 20.3 Å². The van der Waals surface area contributed by atoms with Crippen molar-refractivity contribution in [3.63, 3.8) is 0 Å². The molecule has 5 nitrogen and oxygen atoms in total. The first kappa shape index (κ1) is 16.2. The quantitative estimate of drug-likeness (QED) is 0.774. The highest BCUT2D eigenvalue weighted by Gasteiger charge is 2.36. The molecule has 0 aromatic carbocycles. The second kappa shape index (κ2) is 6.75. The minimum absolute atomic E-state index is 0.159. The SMILES string of the molecule is CCCNc1ccncc1S(=O)(=O)NCC1(CC)CCC1. The molecule has 0 radical (unpaired) electrons. The minimum atomic E-state index is -3.52. The summed E-state index contributed by atoms with van der Waals surface area (Å²) < 4.78 is 27.8. The Balaban J connectivity index is 2.12. The normalized spacial score (nSPS) is 17.2. The van der Waals surface area contributed by atoms with Gasteiger partial charge in [0.05, 0.1) is 5.69 Å². The molecule has 1 saturated carbocycles. The fraction of sp³-hybridized carbons (Fsp3) is 0.667. The van der Waals surface area contributed by atoms with Crippen molar-refractivity contribution < 1.29 is 8.42 Å². The molecular weight excluding hydrogens is 286 g/mol. The number of aromatic nitrogens is 1. The van der Waals surface area contributed by atoms with Crippen LogP contribution in [0.2, 0.25) is 0 Å². The van der Waals surface area contributed by atoms with Gasteiger partial charge in [-0.25, -0.2) is 13.1 Å². The van der Waals surface area contributed by atoms with Gasteiger partial charge in [0.15, 0.2) is 0 Å². The number of nitrogens with one attached hydrogen (secondary N) is 2. The predicted octanol–water partition coefficient (Wildman–Crippen LogP) is 2.76. The number of nitrogens with zero attached hydrogens (tertiary/aromatic N) is 1. The van der Waals surface area contributed by atoms with Crippen LogP contribution in [-0.2, 0) is 10.0 Å². The van der Waals surface area contributed by atoms with E-state index in [0.29, 0.717) is 12.2 Å². The zero-order chi connectivity index (χ0) is 15.3. The molecule has 0 saturated heterocycles. The Labute approximate surface area is 127 Å². The Morgan fingerprint density at radius 1 is 1.33 bits per heavy atom. The molecule has 0 atom stereocenters. The van der Waals surface area contributed by atoms with Crippen molar-refractivity contribution >= 4 is 15.7 Å². The fourth-order valence-corrected chi connectivity index (χ4v) is 3.94. The third-order valence-electron chi connectivity index (χ3n) is 4.44. The summed E-state index contributed by atoms with van der Waals surface area (Å²) in [7, 11) is -3.52. The molecule has 6 heteroatoms. The molecule has 0 spiro atoms. The van der Waals surface area contributed by atoms with E-state index in [1.54, 1.807) is 12.3 Å². The Kier molecular flexibility index (Phi) is 5.22. The first-order valence-electron chi connectivity index (χ1n) is 7.70. The topological polar surface area (TPSA) is 71.1 Å². The maximum Gasteiger partial charge on any atom is 0.244 e. The summed E-state index contributed by atoms with van der Waals surface area (Å²) in [6.45, 7) is 5.44. The Hall–Kier alpha value is -1.14. The van der Waals surface area contributed by atoms with Crippen molar-refractivity contribution in [3.8, 4) is 0 Å². The summed E-state index contributed by atoms with van der Waals surface area (Å²) in [5.74, 6) is 0. The second-order valence-corrected chi connectivity index (χ2v) is 7.57. The Morgan fingerprint density at radius 2 is 2.10 bits per heavy atom. The second-order valence-electron chi connectivity index (χ2n) is 5.83. The highest BCUT2D eigenvalue weighted by Crippen LogP contribution is 2.43. The molecule has 1 aliphatic rings. The summed E-state index contributed by atoms with van der Waals surface area (Å²) in [4.78, 5) is 4.20. The first-order chi connectivity index (χ1) is 10.0. The van der Waals surface area contributed by atoms with Gasteiger partial charge in [-0.05, 0) is 37.2 Å². The van der Waals surface area contributed by atoms with Crippen molar-refractivity contribution in [1.82, 2.24) is 9.71 Å². The Morgan fingerprint density at radius 3 is 2.67 bits per heavy atom. The van der Waals surface area contributed by atoms with Gasteiger partial charge in [0.25, 0.3) is 0 Å². The van der Waals surface area contributed by atoms with Crippen LogP contribution in [0.25, 0.3) is 0 Å². The molecule has 0 aliphatic heterocycles. The average molecular weight is 311 g/mol. The molecule has 1 aromatic rings. The van der Waals surface area contributed by atoms with Crippen molar-refractivity contribution in [3.05, 3.63) is 18.5 Å². The monoisotopic (exact) mass is 311 g/mol. The number of sulfonamides is 1. The third kappa shape index (κ3) is 3.74. The lowest BCUT2D eigenvalue weighted by Gasteiger charge is -2.41. The highest BCUT2D eigenvalue weighted by atomic mass is 32.2. The van der Waals surface area contributed by atoms with Gasteiger partial charge < -0.3 is 5.32 Å². The van der Waals surface area contributed by atoms with Crippen LogP contribution in [-0.4, -0.2) is 26.5 Å². The van der Waals surface area contributed by atoms with Crippen LogP contribution >= 0.6 is 0 Å². The summed E-state index contributed by atoms with van der Waals surface area (Å²) in [5.41, 5.74) is 0.783. The predicted molar refractivity (Wildman–Crippen MR) is 84.8 cm³/mol. The maximum absolute atomic E-state index is 12.5. The molecule has 1 fully saturated rings. The van der Waals surface area contributed by atoms with Crippen LogP contribution < -0.4 is 10.0 Å². The molecule has 1 heterocycles. The van der Waals surface area contributed by atoms with Crippen LogP contribution in [0.5, 0.6) is 0 Å². The zero-order valence-electron chi connectivity index (χ0n) is 12.9. The number of hydrogen-bond donors (Lipinski definition) is 2. The highest BCUT2D eigenvalue weighted by molar-refractivity contribution is 7.89. The first-order valence-corrected chi connectivity index (χ1v) is 9.19. The lowest BCUT2D eigenvalue weighted by molar-refractivity contribution is 0.133. The van der Waals surface area contributed by atoms with Crippen LogP contribution in [0.4, 0.5) is 5.69 Å². The zero-order valence-corrected chi connectivity index (χ0v) is 13.7.